The van der Waals surface area contributed by atoms with Gasteiger partial charge in [0.1, 0.15) is 21.8 Å². The zero-order valence-corrected chi connectivity index (χ0v) is 18.6. The van der Waals surface area contributed by atoms with Crippen molar-refractivity contribution in [3.63, 3.8) is 0 Å². The largest absolute Gasteiger partial charge is 0.465 e. The maximum absolute atomic E-state index is 12.3. The molecule has 10 heteroatoms. The molecule has 0 bridgehead atoms. The number of anilines is 1. The molecule has 3 aromatic heterocycles. The Labute approximate surface area is 192 Å². The lowest BCUT2D eigenvalue weighted by Gasteiger charge is -2.21. The lowest BCUT2D eigenvalue weighted by atomic mass is 9.88. The second-order valence-corrected chi connectivity index (χ2v) is 9.23. The van der Waals surface area contributed by atoms with Gasteiger partial charge in [0.2, 0.25) is 5.91 Å². The van der Waals surface area contributed by atoms with Gasteiger partial charge in [-0.25, -0.2) is 9.78 Å². The molecule has 0 radical (unpaired) electrons. The molecule has 164 valence electrons. The van der Waals surface area contributed by atoms with Crippen LogP contribution in [0.15, 0.2) is 40.5 Å². The van der Waals surface area contributed by atoms with E-state index in [2.05, 4.69) is 21.7 Å². The highest BCUT2D eigenvalue weighted by Crippen LogP contribution is 2.39. The summed E-state index contributed by atoms with van der Waals surface area (Å²) in [7, 11) is 0. The minimum atomic E-state index is -0.466. The highest BCUT2D eigenvalue weighted by Gasteiger charge is 2.27. The first-order chi connectivity index (χ1) is 15.6. The van der Waals surface area contributed by atoms with Gasteiger partial charge in [0, 0.05) is 22.5 Å². The van der Waals surface area contributed by atoms with E-state index in [0.29, 0.717) is 42.3 Å². The van der Waals surface area contributed by atoms with Crippen LogP contribution in [0.2, 0.25) is 0 Å². The summed E-state index contributed by atoms with van der Waals surface area (Å²) in [4.78, 5) is 29.4. The highest BCUT2D eigenvalue weighted by molar-refractivity contribution is 7.16. The van der Waals surface area contributed by atoms with Gasteiger partial charge in [0.05, 0.1) is 25.0 Å². The predicted octanol–water partition coefficient (Wildman–Crippen LogP) is 4.35. The van der Waals surface area contributed by atoms with Gasteiger partial charge in [0.25, 0.3) is 0 Å². The molecule has 8 nitrogen and oxygen atoms in total. The number of rotatable bonds is 7. The summed E-state index contributed by atoms with van der Waals surface area (Å²) in [5, 5.41) is 18.3. The number of fused-ring (bicyclic) bond motifs is 1. The molecule has 32 heavy (non-hydrogen) atoms. The fourth-order valence-corrected chi connectivity index (χ4v) is 5.30. The van der Waals surface area contributed by atoms with E-state index in [9.17, 15) is 14.9 Å². The molecule has 0 saturated heterocycles. The molecule has 3 heterocycles. The highest BCUT2D eigenvalue weighted by atomic mass is 32.1. The number of nitrogens with zero attached hydrogens (tertiary/aromatic N) is 2. The Morgan fingerprint density at radius 2 is 2.34 bits per heavy atom. The number of hydrogen-bond acceptors (Lipinski definition) is 8. The van der Waals surface area contributed by atoms with E-state index in [-0.39, 0.29) is 11.8 Å². The van der Waals surface area contributed by atoms with E-state index in [1.165, 1.54) is 35.0 Å². The second kappa shape index (κ2) is 10.3. The fraction of sp³-hybridized carbons (Fsp3) is 0.273. The third kappa shape index (κ3) is 5.43. The van der Waals surface area contributed by atoms with E-state index in [1.54, 1.807) is 24.4 Å². The van der Waals surface area contributed by atoms with Crippen LogP contribution in [0.1, 0.15) is 33.2 Å². The lowest BCUT2D eigenvalue weighted by molar-refractivity contribution is -0.111. The Morgan fingerprint density at radius 3 is 3.09 bits per heavy atom. The van der Waals surface area contributed by atoms with Gasteiger partial charge in [-0.05, 0) is 49.0 Å². The van der Waals surface area contributed by atoms with Gasteiger partial charge in [0.15, 0.2) is 0 Å². The van der Waals surface area contributed by atoms with Crippen LogP contribution in [0.4, 0.5) is 9.80 Å². The molecule has 1 atom stereocenters. The molecule has 0 fully saturated rings. The van der Waals surface area contributed by atoms with Crippen molar-refractivity contribution in [2.24, 2.45) is 5.92 Å². The van der Waals surface area contributed by atoms with E-state index in [1.807, 2.05) is 5.38 Å². The Bertz CT molecular complexity index is 1140. The summed E-state index contributed by atoms with van der Waals surface area (Å²) in [6.45, 7) is 0.649. The number of hydrogen-bond donors (Lipinski definition) is 2. The molecule has 1 unspecified atom stereocenters. The fourth-order valence-electron chi connectivity index (χ4n) is 3.43. The Morgan fingerprint density at radius 1 is 1.44 bits per heavy atom. The second-order valence-electron chi connectivity index (χ2n) is 7.14. The first kappa shape index (κ1) is 21.8. The van der Waals surface area contributed by atoms with Gasteiger partial charge >= 0.3 is 6.09 Å². The standard InChI is InChI=1S/C22H20N4O4S2/c23-11-17-16-5-3-14(13-30-22(28)25-12-20-24-7-9-31-20)10-18(16)32-21(17)26-19(27)6-4-15-2-1-8-29-15/h1-2,4,6-9,14H,3,5,10,12-13H2,(H,25,28)(H,26,27). The number of thiazole rings is 1. The minimum absolute atomic E-state index is 0.167. The van der Waals surface area contributed by atoms with Gasteiger partial charge in [-0.1, -0.05) is 0 Å². The topological polar surface area (TPSA) is 117 Å². The first-order valence-electron chi connectivity index (χ1n) is 9.98. The summed E-state index contributed by atoms with van der Waals surface area (Å²) in [5.74, 6) is 0.415. The van der Waals surface area contributed by atoms with Crippen LogP contribution in [0.5, 0.6) is 0 Å². The summed E-state index contributed by atoms with van der Waals surface area (Å²) in [5.41, 5.74) is 1.50. The summed E-state index contributed by atoms with van der Waals surface area (Å²) in [6.07, 6.45) is 7.92. The van der Waals surface area contributed by atoms with Crippen LogP contribution in [-0.2, 0) is 28.9 Å². The van der Waals surface area contributed by atoms with Crippen molar-refractivity contribution in [3.05, 3.63) is 62.8 Å². The van der Waals surface area contributed by atoms with E-state index < -0.39 is 6.09 Å². The number of aromatic nitrogens is 1. The number of nitriles is 1. The maximum atomic E-state index is 12.3. The Hall–Kier alpha value is -3.42. The first-order valence-corrected chi connectivity index (χ1v) is 11.7. The SMILES string of the molecule is N#Cc1c(NC(=O)C=Cc2ccco2)sc2c1CCC(COC(=O)NCc1nccs1)C2. The number of thiophene rings is 1. The smallest absolute Gasteiger partial charge is 0.407 e. The normalized spacial score (nSPS) is 15.2. The maximum Gasteiger partial charge on any atom is 0.407 e. The number of amides is 2. The van der Waals surface area contributed by atoms with Gasteiger partial charge < -0.3 is 19.8 Å². The van der Waals surface area contributed by atoms with Gasteiger partial charge in [-0.15, -0.1) is 22.7 Å². The molecule has 1 aliphatic rings. The molecule has 0 aliphatic heterocycles. The average molecular weight is 469 g/mol. The zero-order chi connectivity index (χ0) is 22.3. The molecule has 4 rings (SSSR count). The van der Waals surface area contributed by atoms with Crippen molar-refractivity contribution in [1.82, 2.24) is 10.3 Å². The lowest BCUT2D eigenvalue weighted by Crippen LogP contribution is -2.27. The molecule has 0 aromatic carbocycles. The van der Waals surface area contributed by atoms with Crippen molar-refractivity contribution in [3.8, 4) is 6.07 Å². The van der Waals surface area contributed by atoms with Crippen molar-refractivity contribution in [2.45, 2.75) is 25.8 Å². The van der Waals surface area contributed by atoms with Crippen LogP contribution in [-0.4, -0.2) is 23.6 Å². The van der Waals surface area contributed by atoms with Crippen LogP contribution in [0.3, 0.4) is 0 Å². The van der Waals surface area contributed by atoms with Crippen molar-refractivity contribution < 1.29 is 18.7 Å². The van der Waals surface area contributed by atoms with Crippen LogP contribution in [0.25, 0.3) is 6.08 Å². The molecule has 3 aromatic rings. The minimum Gasteiger partial charge on any atom is -0.465 e. The number of ether oxygens (including phenoxy) is 1. The summed E-state index contributed by atoms with van der Waals surface area (Å²) in [6, 6.07) is 5.71. The van der Waals surface area contributed by atoms with Gasteiger partial charge in [-0.2, -0.15) is 5.26 Å². The molecular formula is C22H20N4O4S2. The molecule has 1 aliphatic carbocycles. The van der Waals surface area contributed by atoms with Crippen molar-refractivity contribution >= 4 is 45.8 Å². The molecule has 2 N–H and O–H groups in total. The molecule has 0 saturated carbocycles. The summed E-state index contributed by atoms with van der Waals surface area (Å²) >= 11 is 2.88. The number of carbonyl (C=O) groups is 2. The number of alkyl carbamates (subject to hydrolysis) is 1. The van der Waals surface area contributed by atoms with E-state index in [4.69, 9.17) is 9.15 Å². The average Bonchev–Trinajstić information content (AvgIpc) is 3.55. The van der Waals surface area contributed by atoms with Gasteiger partial charge in [-0.3, -0.25) is 4.79 Å². The number of furan rings is 1. The summed E-state index contributed by atoms with van der Waals surface area (Å²) < 4.78 is 10.5. The molecule has 0 spiro atoms. The Balaban J connectivity index is 1.32. The third-order valence-electron chi connectivity index (χ3n) is 4.98. The monoisotopic (exact) mass is 468 g/mol. The third-order valence-corrected chi connectivity index (χ3v) is 6.92. The van der Waals surface area contributed by atoms with E-state index >= 15 is 0 Å². The van der Waals surface area contributed by atoms with Crippen molar-refractivity contribution in [1.29, 1.82) is 5.26 Å². The van der Waals surface area contributed by atoms with Crippen LogP contribution in [0, 0.1) is 17.2 Å². The zero-order valence-electron chi connectivity index (χ0n) is 17.0. The molecular weight excluding hydrogens is 448 g/mol. The molecule has 2 amide bonds. The Kier molecular flexibility index (Phi) is 6.99. The van der Waals surface area contributed by atoms with Crippen molar-refractivity contribution in [2.75, 3.05) is 11.9 Å². The van der Waals surface area contributed by atoms with Crippen LogP contribution >= 0.6 is 22.7 Å². The number of carbonyl (C=O) groups excluding carboxylic acids is 2. The predicted molar refractivity (Wildman–Crippen MR) is 121 cm³/mol. The number of nitrogens with one attached hydrogen (secondary N) is 2. The van der Waals surface area contributed by atoms with Crippen LogP contribution < -0.4 is 10.6 Å². The quantitative estimate of drug-likeness (QED) is 0.498. The van der Waals surface area contributed by atoms with E-state index in [0.717, 1.165) is 21.9 Å².